The van der Waals surface area contributed by atoms with E-state index in [9.17, 15) is 4.79 Å². The highest BCUT2D eigenvalue weighted by molar-refractivity contribution is 5.81. The molecular formula is C3H5NO2. The lowest BCUT2D eigenvalue weighted by Gasteiger charge is -1.75. The number of hydrogen-bond donors (Lipinski definition) is 1. The average molecular weight is 87.1 g/mol. The molecule has 0 aliphatic carbocycles. The van der Waals surface area contributed by atoms with Crippen LogP contribution in [-0.2, 0) is 4.79 Å². The molecule has 0 aliphatic rings. The summed E-state index contributed by atoms with van der Waals surface area (Å²) in [6, 6.07) is 0. The summed E-state index contributed by atoms with van der Waals surface area (Å²) in [6.45, 7) is 2.33. The van der Waals surface area contributed by atoms with E-state index in [-0.39, 0.29) is 0 Å². The fraction of sp³-hybridized carbons (Fsp3) is 0.333. The van der Waals surface area contributed by atoms with E-state index in [1.807, 2.05) is 0 Å². The van der Waals surface area contributed by atoms with Crippen molar-refractivity contribution in [3.8, 4) is 0 Å². The first kappa shape index (κ1) is 5.30. The van der Waals surface area contributed by atoms with Crippen molar-refractivity contribution < 1.29 is 9.90 Å². The van der Waals surface area contributed by atoms with E-state index < -0.39 is 12.5 Å². The van der Waals surface area contributed by atoms with Gasteiger partial charge in [0.1, 0.15) is 6.61 Å². The quantitative estimate of drug-likeness (QED) is 0.426. The van der Waals surface area contributed by atoms with Gasteiger partial charge in [-0.1, -0.05) is 0 Å². The smallest absolute Gasteiger partial charge is 0.270 e. The van der Waals surface area contributed by atoms with Crippen LogP contribution in [0.15, 0.2) is 4.99 Å². The molecule has 0 fully saturated rings. The normalized spacial score (nSPS) is 7.50. The molecular weight excluding hydrogens is 82.0 g/mol. The molecule has 0 heterocycles. The highest BCUT2D eigenvalue weighted by atomic mass is 16.3. The van der Waals surface area contributed by atoms with Crippen LogP contribution in [0.2, 0.25) is 0 Å². The molecule has 0 unspecified atom stereocenters. The fourth-order valence-corrected chi connectivity index (χ4v) is 0.0500. The number of carbonyl (C=O) groups excluding carboxylic acids is 1. The molecule has 0 atom stereocenters. The van der Waals surface area contributed by atoms with Gasteiger partial charge in [0.2, 0.25) is 0 Å². The summed E-state index contributed by atoms with van der Waals surface area (Å²) in [4.78, 5) is 12.6. The van der Waals surface area contributed by atoms with E-state index >= 15 is 0 Å². The molecule has 0 saturated heterocycles. The molecule has 3 heteroatoms. The van der Waals surface area contributed by atoms with Crippen LogP contribution in [0, 0.1) is 0 Å². The lowest BCUT2D eigenvalue weighted by atomic mass is 10.7. The zero-order chi connectivity index (χ0) is 4.99. The summed E-state index contributed by atoms with van der Waals surface area (Å²) < 4.78 is 0. The molecule has 0 radical (unpaired) electrons. The standard InChI is InChI=1S/C3H5NO2/c1-4-3(6)2-5/h5H,1-2H2. The maximum atomic E-state index is 9.70. The lowest BCUT2D eigenvalue weighted by Crippen LogP contribution is -1.96. The minimum atomic E-state index is -0.588. The third kappa shape index (κ3) is 1.60. The van der Waals surface area contributed by atoms with Gasteiger partial charge in [-0.25, -0.2) is 4.99 Å². The van der Waals surface area contributed by atoms with Crippen molar-refractivity contribution in [1.82, 2.24) is 0 Å². The summed E-state index contributed by atoms with van der Waals surface area (Å²) in [7, 11) is 0. The molecule has 0 saturated carbocycles. The Balaban J connectivity index is 3.23. The van der Waals surface area contributed by atoms with Crippen LogP contribution in [0.3, 0.4) is 0 Å². The van der Waals surface area contributed by atoms with E-state index in [2.05, 4.69) is 11.7 Å². The van der Waals surface area contributed by atoms with Crippen molar-refractivity contribution in [2.75, 3.05) is 6.61 Å². The van der Waals surface area contributed by atoms with Gasteiger partial charge < -0.3 is 5.11 Å². The molecule has 0 bridgehead atoms. The summed E-state index contributed by atoms with van der Waals surface area (Å²) in [5, 5.41) is 7.85. The van der Waals surface area contributed by atoms with Crippen molar-refractivity contribution in [1.29, 1.82) is 0 Å². The van der Waals surface area contributed by atoms with Gasteiger partial charge in [-0.3, -0.25) is 4.79 Å². The van der Waals surface area contributed by atoms with Gasteiger partial charge in [-0.2, -0.15) is 0 Å². The van der Waals surface area contributed by atoms with Crippen molar-refractivity contribution in [2.45, 2.75) is 0 Å². The zero-order valence-corrected chi connectivity index (χ0v) is 3.22. The number of aliphatic imine (C=N–C) groups is 1. The Morgan fingerprint density at radius 3 is 2.50 bits per heavy atom. The van der Waals surface area contributed by atoms with Crippen molar-refractivity contribution >= 4 is 12.6 Å². The van der Waals surface area contributed by atoms with Gasteiger partial charge in [-0.05, 0) is 6.72 Å². The van der Waals surface area contributed by atoms with Crippen LogP contribution in [0.5, 0.6) is 0 Å². The van der Waals surface area contributed by atoms with E-state index in [0.717, 1.165) is 0 Å². The average Bonchev–Trinajstić information content (AvgIpc) is 1.65. The molecule has 6 heavy (non-hydrogen) atoms. The van der Waals surface area contributed by atoms with Gasteiger partial charge in [0.05, 0.1) is 0 Å². The molecule has 34 valence electrons. The van der Waals surface area contributed by atoms with Crippen molar-refractivity contribution in [3.63, 3.8) is 0 Å². The topological polar surface area (TPSA) is 49.7 Å². The summed E-state index contributed by atoms with van der Waals surface area (Å²) in [5.41, 5.74) is 0. The molecule has 0 rings (SSSR count). The first-order valence-electron chi connectivity index (χ1n) is 1.41. The van der Waals surface area contributed by atoms with Gasteiger partial charge in [0, 0.05) is 0 Å². The molecule has 0 aromatic heterocycles. The summed E-state index contributed by atoms with van der Waals surface area (Å²) in [6.07, 6.45) is 0. The van der Waals surface area contributed by atoms with Gasteiger partial charge in [-0.15, -0.1) is 0 Å². The molecule has 0 aromatic carbocycles. The zero-order valence-electron chi connectivity index (χ0n) is 3.22. The lowest BCUT2D eigenvalue weighted by molar-refractivity contribution is -0.120. The third-order valence-corrected chi connectivity index (χ3v) is 0.312. The van der Waals surface area contributed by atoms with Gasteiger partial charge in [0.15, 0.2) is 0 Å². The van der Waals surface area contributed by atoms with Crippen LogP contribution in [-0.4, -0.2) is 24.3 Å². The Labute approximate surface area is 35.3 Å². The molecule has 3 nitrogen and oxygen atoms in total. The second-order valence-electron chi connectivity index (χ2n) is 0.710. The number of aliphatic hydroxyl groups is 1. The number of hydrogen-bond acceptors (Lipinski definition) is 2. The Kier molecular flexibility index (Phi) is 2.24. The maximum Gasteiger partial charge on any atom is 0.270 e. The minimum Gasteiger partial charge on any atom is -0.386 e. The number of carbonyl (C=O) groups is 1. The van der Waals surface area contributed by atoms with Crippen LogP contribution in [0.1, 0.15) is 0 Å². The number of rotatable bonds is 1. The first-order valence-corrected chi connectivity index (χ1v) is 1.41. The summed E-state index contributed by atoms with van der Waals surface area (Å²) in [5.74, 6) is -0.588. The van der Waals surface area contributed by atoms with Gasteiger partial charge in [0.25, 0.3) is 5.91 Å². The monoisotopic (exact) mass is 87.0 g/mol. The maximum absolute atomic E-state index is 9.70. The Morgan fingerprint density at radius 2 is 2.50 bits per heavy atom. The molecule has 0 aromatic rings. The first-order chi connectivity index (χ1) is 2.81. The number of aliphatic hydroxyl groups excluding tert-OH is 1. The molecule has 0 spiro atoms. The highest BCUT2D eigenvalue weighted by Crippen LogP contribution is 1.62. The highest BCUT2D eigenvalue weighted by Gasteiger charge is 1.85. The fourth-order valence-electron chi connectivity index (χ4n) is 0.0500. The number of amides is 1. The van der Waals surface area contributed by atoms with Crippen LogP contribution in [0.25, 0.3) is 0 Å². The van der Waals surface area contributed by atoms with Crippen molar-refractivity contribution in [3.05, 3.63) is 0 Å². The SMILES string of the molecule is C=NC(=O)CO. The molecule has 1 amide bonds. The summed E-state index contributed by atoms with van der Waals surface area (Å²) >= 11 is 0. The molecule has 1 N–H and O–H groups in total. The minimum absolute atomic E-state index is 0.538. The van der Waals surface area contributed by atoms with Crippen LogP contribution < -0.4 is 0 Å². The van der Waals surface area contributed by atoms with E-state index in [4.69, 9.17) is 5.11 Å². The second-order valence-corrected chi connectivity index (χ2v) is 0.710. The van der Waals surface area contributed by atoms with Crippen LogP contribution >= 0.6 is 0 Å². The predicted octanol–water partition coefficient (Wildman–Crippen LogP) is -0.794. The van der Waals surface area contributed by atoms with Crippen LogP contribution in [0.4, 0.5) is 0 Å². The largest absolute Gasteiger partial charge is 0.386 e. The van der Waals surface area contributed by atoms with E-state index in [1.165, 1.54) is 0 Å². The predicted molar refractivity (Wildman–Crippen MR) is 21.6 cm³/mol. The Hall–Kier alpha value is -0.700. The Morgan fingerprint density at radius 1 is 2.00 bits per heavy atom. The number of nitrogens with zero attached hydrogens (tertiary/aromatic N) is 1. The van der Waals surface area contributed by atoms with Gasteiger partial charge >= 0.3 is 0 Å². The van der Waals surface area contributed by atoms with E-state index in [1.54, 1.807) is 0 Å². The second kappa shape index (κ2) is 2.53. The third-order valence-electron chi connectivity index (χ3n) is 0.312. The van der Waals surface area contributed by atoms with Crippen molar-refractivity contribution in [2.24, 2.45) is 4.99 Å². The van der Waals surface area contributed by atoms with E-state index in [0.29, 0.717) is 0 Å². The molecule has 0 aliphatic heterocycles. The Bertz CT molecular complexity index is 69.2.